The third kappa shape index (κ3) is 4.78. The van der Waals surface area contributed by atoms with Crippen LogP contribution in [-0.4, -0.2) is 46.2 Å². The van der Waals surface area contributed by atoms with E-state index in [1.54, 1.807) is 30.3 Å². The summed E-state index contributed by atoms with van der Waals surface area (Å²) in [5.74, 6) is -1.19. The Labute approximate surface area is 198 Å². The number of amides is 3. The Balaban J connectivity index is 2.27. The van der Waals surface area contributed by atoms with Crippen LogP contribution in [0.1, 0.15) is 16.1 Å². The first-order valence-electron chi connectivity index (χ1n) is 9.25. The molecule has 0 saturated carbocycles. The Morgan fingerprint density at radius 3 is 2.39 bits per heavy atom. The van der Waals surface area contributed by atoms with Crippen LogP contribution < -0.4 is 25.8 Å². The zero-order valence-corrected chi connectivity index (χ0v) is 19.0. The summed E-state index contributed by atoms with van der Waals surface area (Å²) in [4.78, 5) is 32.4. The first-order chi connectivity index (χ1) is 15.8. The van der Waals surface area contributed by atoms with E-state index in [2.05, 4.69) is 20.6 Å². The molecule has 0 aliphatic carbocycles. The van der Waals surface area contributed by atoms with E-state index >= 15 is 0 Å². The quantitative estimate of drug-likeness (QED) is 0.387. The van der Waals surface area contributed by atoms with Gasteiger partial charge in [-0.3, -0.25) is 20.1 Å². The average molecular weight is 488 g/mol. The van der Waals surface area contributed by atoms with Gasteiger partial charge < -0.3 is 25.6 Å². The number of carbonyl (C=O) groups excluding carboxylic acids is 2. The fourth-order valence-electron chi connectivity index (χ4n) is 3.05. The number of urea groups is 1. The molecule has 12 heteroatoms. The number of methoxy groups -OCH3 is 2. The van der Waals surface area contributed by atoms with Gasteiger partial charge in [0.2, 0.25) is 5.75 Å². The van der Waals surface area contributed by atoms with Crippen molar-refractivity contribution in [2.45, 2.75) is 0 Å². The molecule has 3 rings (SSSR count). The van der Waals surface area contributed by atoms with Gasteiger partial charge in [0.05, 0.1) is 36.2 Å². The van der Waals surface area contributed by atoms with E-state index in [0.29, 0.717) is 0 Å². The lowest BCUT2D eigenvalue weighted by Crippen LogP contribution is -2.35. The van der Waals surface area contributed by atoms with Gasteiger partial charge >= 0.3 is 6.03 Å². The number of primary amides is 1. The first-order valence-corrected chi connectivity index (χ1v) is 10.0. The fourth-order valence-corrected chi connectivity index (χ4v) is 3.77. The molecule has 0 aliphatic rings. The SMILES string of the molecule is COc1c(O)c(OC)c(-c2ncccc2NC(=O)c2ccccn2)c(C(=S)NC(N)=O)c1Cl. The molecule has 0 fully saturated rings. The number of halogens is 1. The van der Waals surface area contributed by atoms with E-state index in [9.17, 15) is 14.7 Å². The number of aromatic hydroxyl groups is 1. The molecule has 0 bridgehead atoms. The van der Waals surface area contributed by atoms with Crippen LogP contribution in [0, 0.1) is 0 Å². The molecule has 5 N–H and O–H groups in total. The van der Waals surface area contributed by atoms with E-state index in [0.717, 1.165) is 0 Å². The summed E-state index contributed by atoms with van der Waals surface area (Å²) < 4.78 is 10.6. The highest BCUT2D eigenvalue weighted by Crippen LogP contribution is 2.51. The third-order valence-corrected chi connectivity index (χ3v) is 5.06. The lowest BCUT2D eigenvalue weighted by molar-refractivity contribution is 0.102. The predicted molar refractivity (Wildman–Crippen MR) is 126 cm³/mol. The predicted octanol–water partition coefficient (Wildman–Crippen LogP) is 3.12. The van der Waals surface area contributed by atoms with Crippen molar-refractivity contribution in [3.63, 3.8) is 0 Å². The maximum Gasteiger partial charge on any atom is 0.317 e. The van der Waals surface area contributed by atoms with Crippen LogP contribution in [-0.2, 0) is 0 Å². The Bertz CT molecular complexity index is 1240. The largest absolute Gasteiger partial charge is 0.502 e. The smallest absolute Gasteiger partial charge is 0.317 e. The molecule has 3 amide bonds. The number of pyridine rings is 2. The van der Waals surface area contributed by atoms with Crippen LogP contribution in [0.25, 0.3) is 11.3 Å². The van der Waals surface area contributed by atoms with Gasteiger partial charge in [0, 0.05) is 18.0 Å². The number of nitrogens with one attached hydrogen (secondary N) is 2. The number of ether oxygens (including phenoxy) is 2. The summed E-state index contributed by atoms with van der Waals surface area (Å²) >= 11 is 11.8. The minimum atomic E-state index is -0.933. The number of anilines is 1. The Morgan fingerprint density at radius 2 is 1.79 bits per heavy atom. The van der Waals surface area contributed by atoms with E-state index in [1.807, 2.05) is 0 Å². The van der Waals surface area contributed by atoms with Gasteiger partial charge in [-0.25, -0.2) is 4.79 Å². The zero-order chi connectivity index (χ0) is 24.1. The molecule has 0 unspecified atom stereocenters. The molecule has 0 radical (unpaired) electrons. The van der Waals surface area contributed by atoms with E-state index < -0.39 is 17.7 Å². The second-order valence-corrected chi connectivity index (χ2v) is 7.15. The van der Waals surface area contributed by atoms with Crippen LogP contribution in [0.3, 0.4) is 0 Å². The standard InChI is InChI=1S/C21H18ClN5O5S/c1-31-17-13(12(20(33)27-21(23)30)14(22)18(32-2)16(17)28)15-10(7-5-9-25-15)26-19(29)11-6-3-4-8-24-11/h3-9,28H,1-2H3,(H,26,29)(H3,23,27,30,33). The van der Waals surface area contributed by atoms with Gasteiger partial charge in [-0.05, 0) is 24.3 Å². The molecular weight excluding hydrogens is 470 g/mol. The van der Waals surface area contributed by atoms with Gasteiger partial charge in [-0.2, -0.15) is 0 Å². The maximum atomic E-state index is 12.7. The number of phenols is 1. The average Bonchev–Trinajstić information content (AvgIpc) is 2.79. The Morgan fingerprint density at radius 1 is 1.09 bits per heavy atom. The van der Waals surface area contributed by atoms with Crippen LogP contribution >= 0.6 is 23.8 Å². The number of rotatable bonds is 6. The molecule has 2 heterocycles. The van der Waals surface area contributed by atoms with E-state index in [-0.39, 0.29) is 49.7 Å². The number of phenolic OH excluding ortho intramolecular Hbond substituents is 1. The molecular formula is C21H18ClN5O5S. The minimum Gasteiger partial charge on any atom is -0.502 e. The molecule has 0 saturated heterocycles. The van der Waals surface area contributed by atoms with Crippen molar-refractivity contribution in [2.24, 2.45) is 5.73 Å². The molecule has 2 aromatic heterocycles. The number of carbonyl (C=O) groups is 2. The van der Waals surface area contributed by atoms with Crippen LogP contribution in [0.4, 0.5) is 10.5 Å². The van der Waals surface area contributed by atoms with Gasteiger partial charge in [0.15, 0.2) is 11.5 Å². The third-order valence-electron chi connectivity index (χ3n) is 4.39. The van der Waals surface area contributed by atoms with Gasteiger partial charge in [0.1, 0.15) is 10.7 Å². The van der Waals surface area contributed by atoms with Crippen LogP contribution in [0.2, 0.25) is 5.02 Å². The molecule has 0 atom stereocenters. The number of benzene rings is 1. The first kappa shape index (κ1) is 23.7. The minimum absolute atomic E-state index is 0.0454. The molecule has 1 aromatic carbocycles. The van der Waals surface area contributed by atoms with Gasteiger partial charge in [0.25, 0.3) is 5.91 Å². The number of nitrogens with zero attached hydrogens (tertiary/aromatic N) is 2. The number of aromatic nitrogens is 2. The molecule has 0 aliphatic heterocycles. The second kappa shape index (κ2) is 10.1. The summed E-state index contributed by atoms with van der Waals surface area (Å²) in [5.41, 5.74) is 5.91. The van der Waals surface area contributed by atoms with Crippen molar-refractivity contribution < 1.29 is 24.2 Å². The second-order valence-electron chi connectivity index (χ2n) is 6.37. The Kier molecular flexibility index (Phi) is 7.26. The highest BCUT2D eigenvalue weighted by molar-refractivity contribution is 7.80. The zero-order valence-electron chi connectivity index (χ0n) is 17.4. The van der Waals surface area contributed by atoms with E-state index in [1.165, 1.54) is 26.6 Å². The van der Waals surface area contributed by atoms with Crippen LogP contribution in [0.5, 0.6) is 17.2 Å². The molecule has 3 aromatic rings. The summed E-state index contributed by atoms with van der Waals surface area (Å²) in [6.07, 6.45) is 2.93. The highest BCUT2D eigenvalue weighted by Gasteiger charge is 2.30. The summed E-state index contributed by atoms with van der Waals surface area (Å²) in [6.45, 7) is 0. The maximum absolute atomic E-state index is 12.7. The van der Waals surface area contributed by atoms with Gasteiger partial charge in [-0.1, -0.05) is 29.9 Å². The van der Waals surface area contributed by atoms with E-state index in [4.69, 9.17) is 39.0 Å². The number of hydrogen-bond donors (Lipinski definition) is 4. The lowest BCUT2D eigenvalue weighted by Gasteiger charge is -2.21. The molecule has 0 spiro atoms. The Hall–Kier alpha value is -3.96. The molecule has 10 nitrogen and oxygen atoms in total. The van der Waals surface area contributed by atoms with Gasteiger partial charge in [-0.15, -0.1) is 0 Å². The summed E-state index contributed by atoms with van der Waals surface area (Å²) in [7, 11) is 2.59. The van der Waals surface area contributed by atoms with Crippen molar-refractivity contribution in [2.75, 3.05) is 19.5 Å². The molecule has 170 valence electrons. The van der Waals surface area contributed by atoms with Crippen molar-refractivity contribution in [3.8, 4) is 28.5 Å². The molecule has 33 heavy (non-hydrogen) atoms. The van der Waals surface area contributed by atoms with Crippen molar-refractivity contribution in [3.05, 3.63) is 59.0 Å². The summed E-state index contributed by atoms with van der Waals surface area (Å²) in [5, 5.41) is 15.6. The van der Waals surface area contributed by atoms with Crippen molar-refractivity contribution in [1.29, 1.82) is 0 Å². The lowest BCUT2D eigenvalue weighted by atomic mass is 9.99. The normalized spacial score (nSPS) is 10.3. The topological polar surface area (TPSA) is 149 Å². The monoisotopic (exact) mass is 487 g/mol. The van der Waals surface area contributed by atoms with Crippen molar-refractivity contribution >= 4 is 46.4 Å². The number of hydrogen-bond acceptors (Lipinski definition) is 8. The highest BCUT2D eigenvalue weighted by atomic mass is 35.5. The van der Waals surface area contributed by atoms with Crippen LogP contribution in [0.15, 0.2) is 42.7 Å². The fraction of sp³-hybridized carbons (Fsp3) is 0.0952. The summed E-state index contributed by atoms with van der Waals surface area (Å²) in [6, 6.07) is 7.12. The number of nitrogens with two attached hydrogens (primary N) is 1. The van der Waals surface area contributed by atoms with Crippen molar-refractivity contribution in [1.82, 2.24) is 15.3 Å². The number of thiocarbonyl (C=S) groups is 1.